The van der Waals surface area contributed by atoms with E-state index in [4.69, 9.17) is 9.73 Å². The van der Waals surface area contributed by atoms with Crippen molar-refractivity contribution in [3.63, 3.8) is 0 Å². The SMILES string of the molecule is CCOC(=O)C1=C(CN2CCC3(CCNCC3)C2)NC(c2nccs2)=NC1c1ccc(F)cc1Br. The highest BCUT2D eigenvalue weighted by molar-refractivity contribution is 9.10. The van der Waals surface area contributed by atoms with E-state index in [0.29, 0.717) is 33.4 Å². The number of carbonyl (C=O) groups is 1. The number of benzene rings is 1. The van der Waals surface area contributed by atoms with Crippen molar-refractivity contribution in [2.75, 3.05) is 39.3 Å². The topological polar surface area (TPSA) is 78.9 Å². The molecule has 3 aliphatic rings. The molecule has 10 heteroatoms. The Morgan fingerprint density at radius 1 is 1.34 bits per heavy atom. The number of aromatic nitrogens is 1. The smallest absolute Gasteiger partial charge is 0.338 e. The summed E-state index contributed by atoms with van der Waals surface area (Å²) < 4.78 is 20.0. The zero-order chi connectivity index (χ0) is 24.4. The summed E-state index contributed by atoms with van der Waals surface area (Å²) in [5.74, 6) is -0.154. The van der Waals surface area contributed by atoms with Gasteiger partial charge >= 0.3 is 5.97 Å². The molecule has 35 heavy (non-hydrogen) atoms. The van der Waals surface area contributed by atoms with Crippen molar-refractivity contribution in [3.8, 4) is 0 Å². The highest BCUT2D eigenvalue weighted by atomic mass is 79.9. The second kappa shape index (κ2) is 10.5. The average Bonchev–Trinajstić information content (AvgIpc) is 3.50. The van der Waals surface area contributed by atoms with Gasteiger partial charge in [0, 0.05) is 34.8 Å². The van der Waals surface area contributed by atoms with Crippen molar-refractivity contribution in [2.24, 2.45) is 10.4 Å². The molecule has 0 amide bonds. The normalized spacial score (nSPS) is 22.3. The van der Waals surface area contributed by atoms with Crippen LogP contribution >= 0.6 is 27.3 Å². The molecule has 0 aliphatic carbocycles. The minimum atomic E-state index is -0.644. The number of rotatable bonds is 6. The number of aliphatic imine (C=N–C) groups is 1. The van der Waals surface area contributed by atoms with Crippen LogP contribution in [0.5, 0.6) is 0 Å². The summed E-state index contributed by atoms with van der Waals surface area (Å²) >= 11 is 4.97. The lowest BCUT2D eigenvalue weighted by atomic mass is 9.78. The summed E-state index contributed by atoms with van der Waals surface area (Å²) in [6.07, 6.45) is 5.26. The lowest BCUT2D eigenvalue weighted by Crippen LogP contribution is -2.41. The molecular weight excluding hydrogens is 533 g/mol. The molecule has 7 nitrogen and oxygen atoms in total. The fourth-order valence-electron chi connectivity index (χ4n) is 5.32. The highest BCUT2D eigenvalue weighted by Gasteiger charge is 2.40. The first-order valence-corrected chi connectivity index (χ1v) is 13.7. The van der Waals surface area contributed by atoms with Gasteiger partial charge in [-0.1, -0.05) is 22.0 Å². The number of ether oxygens (including phenoxy) is 1. The van der Waals surface area contributed by atoms with Gasteiger partial charge in [-0.3, -0.25) is 9.89 Å². The van der Waals surface area contributed by atoms with Crippen LogP contribution in [-0.2, 0) is 9.53 Å². The summed E-state index contributed by atoms with van der Waals surface area (Å²) in [5.41, 5.74) is 2.29. The van der Waals surface area contributed by atoms with Crippen LogP contribution in [0.25, 0.3) is 0 Å². The van der Waals surface area contributed by atoms with Gasteiger partial charge in [0.2, 0.25) is 0 Å². The van der Waals surface area contributed by atoms with E-state index in [2.05, 4.69) is 36.4 Å². The minimum Gasteiger partial charge on any atom is -0.463 e. The Morgan fingerprint density at radius 2 is 2.17 bits per heavy atom. The maximum absolute atomic E-state index is 13.9. The Morgan fingerprint density at radius 3 is 2.89 bits per heavy atom. The quantitative estimate of drug-likeness (QED) is 0.518. The maximum Gasteiger partial charge on any atom is 0.338 e. The molecule has 0 saturated carbocycles. The van der Waals surface area contributed by atoms with Crippen LogP contribution in [0.2, 0.25) is 0 Å². The van der Waals surface area contributed by atoms with Crippen LogP contribution in [-0.4, -0.2) is 61.0 Å². The molecule has 3 aliphatic heterocycles. The van der Waals surface area contributed by atoms with Crippen LogP contribution in [0.3, 0.4) is 0 Å². The molecule has 5 rings (SSSR count). The van der Waals surface area contributed by atoms with Crippen LogP contribution in [0.1, 0.15) is 42.8 Å². The molecule has 1 unspecified atom stereocenters. The molecule has 2 N–H and O–H groups in total. The predicted molar refractivity (Wildman–Crippen MR) is 138 cm³/mol. The summed E-state index contributed by atoms with van der Waals surface area (Å²) in [6.45, 7) is 6.75. The van der Waals surface area contributed by atoms with Crippen LogP contribution in [0, 0.1) is 11.2 Å². The molecule has 1 aromatic carbocycles. The summed E-state index contributed by atoms with van der Waals surface area (Å²) in [5, 5.41) is 9.53. The summed E-state index contributed by atoms with van der Waals surface area (Å²) in [4.78, 5) is 25.1. The van der Waals surface area contributed by atoms with Gasteiger partial charge in [-0.15, -0.1) is 11.3 Å². The number of amidine groups is 1. The number of hydrogen-bond donors (Lipinski definition) is 2. The van der Waals surface area contributed by atoms with Gasteiger partial charge in [0.05, 0.1) is 12.2 Å². The largest absolute Gasteiger partial charge is 0.463 e. The summed E-state index contributed by atoms with van der Waals surface area (Å²) in [6, 6.07) is 3.83. The first-order valence-electron chi connectivity index (χ1n) is 12.0. The molecule has 1 spiro atoms. The van der Waals surface area contributed by atoms with Gasteiger partial charge < -0.3 is 15.4 Å². The molecule has 4 heterocycles. The van der Waals surface area contributed by atoms with Crippen molar-refractivity contribution in [2.45, 2.75) is 32.2 Å². The van der Waals surface area contributed by atoms with E-state index in [0.717, 1.165) is 43.3 Å². The number of piperidine rings is 1. The molecule has 0 bridgehead atoms. The number of hydrogen-bond acceptors (Lipinski definition) is 8. The fraction of sp³-hybridized carbons (Fsp3) is 0.480. The monoisotopic (exact) mass is 561 g/mol. The van der Waals surface area contributed by atoms with E-state index in [9.17, 15) is 9.18 Å². The fourth-order valence-corrected chi connectivity index (χ4v) is 6.47. The number of halogens is 2. The molecule has 2 saturated heterocycles. The average molecular weight is 563 g/mol. The van der Waals surface area contributed by atoms with Gasteiger partial charge in [-0.05, 0) is 68.9 Å². The highest BCUT2D eigenvalue weighted by Crippen LogP contribution is 2.40. The van der Waals surface area contributed by atoms with E-state index < -0.39 is 12.0 Å². The second-order valence-corrected chi connectivity index (χ2v) is 11.1. The number of nitrogens with zero attached hydrogens (tertiary/aromatic N) is 3. The number of likely N-dealkylation sites (tertiary alicyclic amines) is 1. The van der Waals surface area contributed by atoms with Crippen LogP contribution < -0.4 is 10.6 Å². The first kappa shape index (κ1) is 24.5. The molecule has 186 valence electrons. The predicted octanol–water partition coefficient (Wildman–Crippen LogP) is 4.03. The van der Waals surface area contributed by atoms with Crippen molar-refractivity contribution in [3.05, 3.63) is 61.9 Å². The Balaban J connectivity index is 1.54. The van der Waals surface area contributed by atoms with E-state index in [1.807, 2.05) is 5.38 Å². The standard InChI is InChI=1S/C25H29BrFN5O2S/c1-2-34-24(33)20-19(14-32-11-7-25(15-32)5-8-28-9-6-25)30-22(23-29-10-12-35-23)31-21(20)17-4-3-16(27)13-18(17)26/h3-4,10,12-13,21,28H,2,5-9,11,14-15H2,1H3,(H,30,31). The molecular formula is C25H29BrFN5O2S. The van der Waals surface area contributed by atoms with Crippen LogP contribution in [0.4, 0.5) is 4.39 Å². The zero-order valence-electron chi connectivity index (χ0n) is 19.7. The Kier molecular flexibility index (Phi) is 7.34. The van der Waals surface area contributed by atoms with E-state index >= 15 is 0 Å². The van der Waals surface area contributed by atoms with Gasteiger partial charge in [0.15, 0.2) is 10.8 Å². The lowest BCUT2D eigenvalue weighted by Gasteiger charge is -2.34. The zero-order valence-corrected chi connectivity index (χ0v) is 22.1. The molecule has 2 fully saturated rings. The van der Waals surface area contributed by atoms with E-state index in [-0.39, 0.29) is 12.4 Å². The molecule has 0 radical (unpaired) electrons. The van der Waals surface area contributed by atoms with E-state index in [1.165, 1.54) is 36.3 Å². The van der Waals surface area contributed by atoms with Crippen molar-refractivity contribution in [1.82, 2.24) is 20.5 Å². The third-order valence-corrected chi connectivity index (χ3v) is 8.54. The number of carbonyl (C=O) groups excluding carboxylic acids is 1. The van der Waals surface area contributed by atoms with Crippen molar-refractivity contribution < 1.29 is 13.9 Å². The Bertz CT molecular complexity index is 1150. The van der Waals surface area contributed by atoms with Gasteiger partial charge in [0.1, 0.15) is 11.9 Å². The minimum absolute atomic E-state index is 0.260. The molecule has 2 aromatic rings. The third kappa shape index (κ3) is 5.21. The Hall–Kier alpha value is -2.14. The van der Waals surface area contributed by atoms with Crippen LogP contribution in [0.15, 0.2) is 50.5 Å². The molecule has 1 atom stereocenters. The van der Waals surface area contributed by atoms with Crippen molar-refractivity contribution in [1.29, 1.82) is 0 Å². The molecule has 1 aromatic heterocycles. The Labute approximate surface area is 217 Å². The van der Waals surface area contributed by atoms with Crippen molar-refractivity contribution >= 4 is 39.1 Å². The number of nitrogens with one attached hydrogen (secondary N) is 2. The third-order valence-electron chi connectivity index (χ3n) is 7.08. The van der Waals surface area contributed by atoms with Gasteiger partial charge in [-0.25, -0.2) is 14.2 Å². The maximum atomic E-state index is 13.9. The lowest BCUT2D eigenvalue weighted by molar-refractivity contribution is -0.139. The van der Waals surface area contributed by atoms with Gasteiger partial charge in [0.25, 0.3) is 0 Å². The first-order chi connectivity index (χ1) is 17.0. The summed E-state index contributed by atoms with van der Waals surface area (Å²) in [7, 11) is 0. The second-order valence-electron chi connectivity index (χ2n) is 9.33. The number of thiazole rings is 1. The van der Waals surface area contributed by atoms with Gasteiger partial charge in [-0.2, -0.15) is 0 Å². The van der Waals surface area contributed by atoms with E-state index in [1.54, 1.807) is 19.2 Å². The number of esters is 1.